The van der Waals surface area contributed by atoms with Crippen LogP contribution in [0.5, 0.6) is 5.75 Å². The van der Waals surface area contributed by atoms with Crippen molar-refractivity contribution in [3.63, 3.8) is 0 Å². The molecule has 0 saturated carbocycles. The fraction of sp³-hybridized carbons (Fsp3) is 0.522. The van der Waals surface area contributed by atoms with Gasteiger partial charge in [-0.05, 0) is 61.4 Å². The van der Waals surface area contributed by atoms with Crippen LogP contribution in [0.3, 0.4) is 0 Å². The summed E-state index contributed by atoms with van der Waals surface area (Å²) in [7, 11) is 1.69. The van der Waals surface area contributed by atoms with E-state index in [2.05, 4.69) is 42.7 Å². The van der Waals surface area contributed by atoms with Gasteiger partial charge in [-0.3, -0.25) is 9.69 Å². The molecule has 5 nitrogen and oxygen atoms in total. The average molecular weight is 415 g/mol. The van der Waals surface area contributed by atoms with Gasteiger partial charge < -0.3 is 14.4 Å². The van der Waals surface area contributed by atoms with Gasteiger partial charge in [-0.25, -0.2) is 0 Å². The number of rotatable bonds is 7. The van der Waals surface area contributed by atoms with E-state index >= 15 is 0 Å². The van der Waals surface area contributed by atoms with E-state index in [1.54, 1.807) is 18.4 Å². The first-order chi connectivity index (χ1) is 14.0. The Kier molecular flexibility index (Phi) is 5.95. The number of piperazine rings is 1. The predicted octanol–water partition coefficient (Wildman–Crippen LogP) is 4.05. The topological polar surface area (TPSA) is 42.0 Å². The first-order valence-electron chi connectivity index (χ1n) is 10.3. The number of fused-ring (bicyclic) bond motifs is 2. The Morgan fingerprint density at radius 2 is 2.00 bits per heavy atom. The third kappa shape index (κ3) is 3.81. The normalized spacial score (nSPS) is 22.3. The quantitative estimate of drug-likeness (QED) is 0.641. The number of benzene rings is 1. The lowest BCUT2D eigenvalue weighted by Crippen LogP contribution is -2.49. The average Bonchev–Trinajstić information content (AvgIpc) is 3.47. The van der Waals surface area contributed by atoms with Crippen molar-refractivity contribution in [3.8, 4) is 5.75 Å². The van der Waals surface area contributed by atoms with Crippen LogP contribution in [-0.2, 0) is 4.74 Å². The molecular weight excluding hydrogens is 384 g/mol. The van der Waals surface area contributed by atoms with Gasteiger partial charge in [0.25, 0.3) is 5.91 Å². The maximum absolute atomic E-state index is 12.8. The number of hydrogen-bond acceptors (Lipinski definition) is 5. The van der Waals surface area contributed by atoms with E-state index in [4.69, 9.17) is 9.47 Å². The van der Waals surface area contributed by atoms with Crippen molar-refractivity contribution in [3.05, 3.63) is 51.2 Å². The van der Waals surface area contributed by atoms with Crippen LogP contribution < -0.4 is 4.74 Å². The molecule has 0 spiro atoms. The van der Waals surface area contributed by atoms with Crippen LogP contribution in [0.1, 0.15) is 46.4 Å². The Labute approximate surface area is 177 Å². The third-order valence-electron chi connectivity index (χ3n) is 6.58. The van der Waals surface area contributed by atoms with Crippen molar-refractivity contribution in [1.29, 1.82) is 0 Å². The minimum atomic E-state index is 0.190. The van der Waals surface area contributed by atoms with Crippen molar-refractivity contribution in [2.24, 2.45) is 0 Å². The molecule has 0 radical (unpaired) electrons. The SMILES string of the molecule is COCCOc1ccc([C@H](C)N2C[C@H]3C[C@@H]2CN3C(=O)c2ccsc2)c(C)c1C. The number of hydrogen-bond donors (Lipinski definition) is 0. The molecule has 2 aromatic rings. The molecule has 2 bridgehead atoms. The zero-order valence-corrected chi connectivity index (χ0v) is 18.5. The standard InChI is InChI=1S/C23H30N2O3S/c1-15-16(2)22(28-9-8-27-4)6-5-21(15)17(3)24-12-20-11-19(24)13-25(20)23(26)18-7-10-29-14-18/h5-7,10,14,17,19-20H,8-9,11-13H2,1-4H3/t17-,19+,20+/m0/s1. The summed E-state index contributed by atoms with van der Waals surface area (Å²) in [5.41, 5.74) is 4.67. The highest BCUT2D eigenvalue weighted by molar-refractivity contribution is 7.08. The highest BCUT2D eigenvalue weighted by atomic mass is 32.1. The lowest BCUT2D eigenvalue weighted by Gasteiger charge is -2.38. The van der Waals surface area contributed by atoms with Gasteiger partial charge in [-0.2, -0.15) is 11.3 Å². The van der Waals surface area contributed by atoms with Crippen molar-refractivity contribution in [2.45, 2.75) is 45.3 Å². The molecule has 1 amide bonds. The van der Waals surface area contributed by atoms with E-state index in [0.29, 0.717) is 31.3 Å². The smallest absolute Gasteiger partial charge is 0.255 e. The summed E-state index contributed by atoms with van der Waals surface area (Å²) in [4.78, 5) is 17.4. The van der Waals surface area contributed by atoms with Crippen LogP contribution in [0.15, 0.2) is 29.0 Å². The fourth-order valence-corrected chi connectivity index (χ4v) is 5.44. The van der Waals surface area contributed by atoms with E-state index in [9.17, 15) is 4.79 Å². The number of thiophene rings is 1. The molecule has 0 aliphatic carbocycles. The first-order valence-corrected chi connectivity index (χ1v) is 11.3. The number of likely N-dealkylation sites (tertiary alicyclic amines) is 2. The van der Waals surface area contributed by atoms with Crippen LogP contribution >= 0.6 is 11.3 Å². The molecule has 1 aromatic heterocycles. The van der Waals surface area contributed by atoms with Gasteiger partial charge >= 0.3 is 0 Å². The van der Waals surface area contributed by atoms with Gasteiger partial charge in [0.15, 0.2) is 0 Å². The summed E-state index contributed by atoms with van der Waals surface area (Å²) in [6.07, 6.45) is 1.08. The molecule has 0 N–H and O–H groups in total. The van der Waals surface area contributed by atoms with E-state index in [-0.39, 0.29) is 5.91 Å². The minimum absolute atomic E-state index is 0.190. The first kappa shape index (κ1) is 20.4. The Morgan fingerprint density at radius 3 is 2.66 bits per heavy atom. The number of nitrogens with zero attached hydrogens (tertiary/aromatic N) is 2. The highest BCUT2D eigenvalue weighted by Crippen LogP contribution is 2.39. The molecule has 2 saturated heterocycles. The van der Waals surface area contributed by atoms with Crippen LogP contribution in [0.2, 0.25) is 0 Å². The predicted molar refractivity (Wildman–Crippen MR) is 116 cm³/mol. The Balaban J connectivity index is 1.44. The highest BCUT2D eigenvalue weighted by Gasteiger charge is 2.47. The van der Waals surface area contributed by atoms with Gasteiger partial charge in [0, 0.05) is 43.7 Å². The summed E-state index contributed by atoms with van der Waals surface area (Å²) in [6.45, 7) is 9.55. The van der Waals surface area contributed by atoms with Crippen LogP contribution in [0.25, 0.3) is 0 Å². The molecular formula is C23H30N2O3S. The van der Waals surface area contributed by atoms with Crippen molar-refractivity contribution < 1.29 is 14.3 Å². The minimum Gasteiger partial charge on any atom is -0.491 e. The van der Waals surface area contributed by atoms with Gasteiger partial charge in [-0.15, -0.1) is 0 Å². The fourth-order valence-electron chi connectivity index (χ4n) is 4.81. The van der Waals surface area contributed by atoms with Gasteiger partial charge in [0.2, 0.25) is 0 Å². The zero-order valence-electron chi connectivity index (χ0n) is 17.7. The van der Waals surface area contributed by atoms with Crippen molar-refractivity contribution in [2.75, 3.05) is 33.4 Å². The molecule has 2 aliphatic rings. The van der Waals surface area contributed by atoms with Gasteiger partial charge in [0.05, 0.1) is 12.2 Å². The molecule has 2 aliphatic heterocycles. The van der Waals surface area contributed by atoms with Gasteiger partial charge in [0.1, 0.15) is 12.4 Å². The molecule has 2 fully saturated rings. The molecule has 0 unspecified atom stereocenters. The third-order valence-corrected chi connectivity index (χ3v) is 7.27. The van der Waals surface area contributed by atoms with E-state index in [1.807, 2.05) is 16.8 Å². The Hall–Kier alpha value is -1.89. The lowest BCUT2D eigenvalue weighted by atomic mass is 9.96. The number of amides is 1. The lowest BCUT2D eigenvalue weighted by molar-refractivity contribution is 0.0569. The molecule has 156 valence electrons. The zero-order chi connectivity index (χ0) is 20.5. The van der Waals surface area contributed by atoms with E-state index < -0.39 is 0 Å². The maximum atomic E-state index is 12.8. The summed E-state index contributed by atoms with van der Waals surface area (Å²) < 4.78 is 10.9. The summed E-state index contributed by atoms with van der Waals surface area (Å²) in [6, 6.07) is 7.32. The second-order valence-corrected chi connectivity index (χ2v) is 8.91. The molecule has 6 heteroatoms. The van der Waals surface area contributed by atoms with E-state index in [0.717, 1.165) is 30.8 Å². The molecule has 29 heavy (non-hydrogen) atoms. The van der Waals surface area contributed by atoms with Crippen molar-refractivity contribution in [1.82, 2.24) is 9.80 Å². The summed E-state index contributed by atoms with van der Waals surface area (Å²) >= 11 is 1.58. The molecule has 3 heterocycles. The monoisotopic (exact) mass is 414 g/mol. The number of carbonyl (C=O) groups excluding carboxylic acids is 1. The number of methoxy groups -OCH3 is 1. The Bertz CT molecular complexity index is 867. The van der Waals surface area contributed by atoms with Crippen LogP contribution in [0.4, 0.5) is 0 Å². The second-order valence-electron chi connectivity index (χ2n) is 8.13. The maximum Gasteiger partial charge on any atom is 0.255 e. The summed E-state index contributed by atoms with van der Waals surface area (Å²) in [5, 5.41) is 3.93. The van der Waals surface area contributed by atoms with E-state index in [1.165, 1.54) is 16.7 Å². The number of carbonyl (C=O) groups is 1. The molecule has 3 atom stereocenters. The molecule has 4 rings (SSSR count). The number of ether oxygens (including phenoxy) is 2. The van der Waals surface area contributed by atoms with Crippen LogP contribution in [-0.4, -0.2) is 61.2 Å². The van der Waals surface area contributed by atoms with Crippen molar-refractivity contribution >= 4 is 17.2 Å². The van der Waals surface area contributed by atoms with Crippen LogP contribution in [0, 0.1) is 13.8 Å². The Morgan fingerprint density at radius 1 is 1.17 bits per heavy atom. The summed E-state index contributed by atoms with van der Waals surface area (Å²) in [5.74, 6) is 1.13. The molecule has 1 aromatic carbocycles. The van der Waals surface area contributed by atoms with Gasteiger partial charge in [-0.1, -0.05) is 6.07 Å². The largest absolute Gasteiger partial charge is 0.491 e. The second kappa shape index (κ2) is 8.46.